The fourth-order valence-corrected chi connectivity index (χ4v) is 2.34. The lowest BCUT2D eigenvalue weighted by Crippen LogP contribution is -2.24. The molecule has 0 radical (unpaired) electrons. The minimum Gasteiger partial charge on any atom is -0.346 e. The molecule has 0 aliphatic carbocycles. The highest BCUT2D eigenvalue weighted by Gasteiger charge is 2.16. The van der Waals surface area contributed by atoms with Crippen molar-refractivity contribution in [3.05, 3.63) is 70.4 Å². The molecule has 6 nitrogen and oxygen atoms in total. The van der Waals surface area contributed by atoms with Crippen LogP contribution in [0.3, 0.4) is 0 Å². The van der Waals surface area contributed by atoms with Gasteiger partial charge in [-0.05, 0) is 42.3 Å². The van der Waals surface area contributed by atoms with E-state index in [1.165, 1.54) is 0 Å². The lowest BCUT2D eigenvalue weighted by atomic mass is 10.1. The molecule has 0 aliphatic heterocycles. The number of aromatic nitrogens is 3. The molecule has 2 aromatic carbocycles. The number of halogens is 1. The van der Waals surface area contributed by atoms with Crippen LogP contribution in [0.25, 0.3) is 0 Å². The van der Waals surface area contributed by atoms with E-state index in [9.17, 15) is 4.79 Å². The molecule has 1 aromatic heterocycles. The molecule has 0 unspecified atom stereocenters. The zero-order valence-electron chi connectivity index (χ0n) is 13.0. The molecule has 1 heterocycles. The van der Waals surface area contributed by atoms with Crippen molar-refractivity contribution in [3.63, 3.8) is 0 Å². The molecule has 3 aromatic rings. The van der Waals surface area contributed by atoms with E-state index >= 15 is 0 Å². The summed E-state index contributed by atoms with van der Waals surface area (Å²) in [5, 5.41) is 16.9. The first kappa shape index (κ1) is 16.0. The average molecular weight is 342 g/mol. The Morgan fingerprint density at radius 3 is 2.62 bits per heavy atom. The summed E-state index contributed by atoms with van der Waals surface area (Å²) in [5.74, 6) is 0.0584. The smallest absolute Gasteiger partial charge is 0.275 e. The number of carbonyl (C=O) groups excluding carboxylic acids is 1. The largest absolute Gasteiger partial charge is 0.346 e. The van der Waals surface area contributed by atoms with E-state index in [2.05, 4.69) is 26.0 Å². The molecule has 0 bridgehead atoms. The first-order valence-corrected chi connectivity index (χ1v) is 7.77. The van der Waals surface area contributed by atoms with Gasteiger partial charge in [-0.15, -0.1) is 10.2 Å². The molecule has 0 saturated carbocycles. The minimum atomic E-state index is -0.302. The number of anilines is 2. The fraction of sp³-hybridized carbons (Fsp3) is 0.118. The van der Waals surface area contributed by atoms with Crippen LogP contribution in [0.2, 0.25) is 5.02 Å². The number of nitrogens with zero attached hydrogens (tertiary/aromatic N) is 2. The fourth-order valence-electron chi connectivity index (χ4n) is 2.21. The molecule has 0 aliphatic rings. The van der Waals surface area contributed by atoms with Gasteiger partial charge in [-0.2, -0.15) is 5.21 Å². The second-order valence-corrected chi connectivity index (χ2v) is 5.70. The van der Waals surface area contributed by atoms with Crippen LogP contribution in [0, 0.1) is 6.92 Å². The standard InChI is InChI=1S/C17H16ClN5O/c1-11-4-2-3-5-12(11)10-19-17(24)15-16(22-23-21-15)20-14-8-6-13(18)7-9-14/h2-9H,10H2,1H3,(H,19,24)(H2,20,21,22,23). The lowest BCUT2D eigenvalue weighted by Gasteiger charge is -2.08. The van der Waals surface area contributed by atoms with E-state index in [0.717, 1.165) is 16.8 Å². The van der Waals surface area contributed by atoms with Gasteiger partial charge in [-0.3, -0.25) is 4.79 Å². The van der Waals surface area contributed by atoms with Crippen molar-refractivity contribution in [2.45, 2.75) is 13.5 Å². The van der Waals surface area contributed by atoms with E-state index in [-0.39, 0.29) is 11.6 Å². The van der Waals surface area contributed by atoms with Crippen molar-refractivity contribution < 1.29 is 4.79 Å². The van der Waals surface area contributed by atoms with Crippen LogP contribution in [-0.2, 0) is 6.54 Å². The Balaban J connectivity index is 1.69. The highest BCUT2D eigenvalue weighted by Crippen LogP contribution is 2.19. The van der Waals surface area contributed by atoms with Gasteiger partial charge in [0.15, 0.2) is 11.5 Å². The predicted molar refractivity (Wildman–Crippen MR) is 93.5 cm³/mol. The van der Waals surface area contributed by atoms with E-state index in [1.54, 1.807) is 24.3 Å². The molecule has 3 N–H and O–H groups in total. The molecule has 0 spiro atoms. The monoisotopic (exact) mass is 341 g/mol. The zero-order chi connectivity index (χ0) is 16.9. The summed E-state index contributed by atoms with van der Waals surface area (Å²) in [4.78, 5) is 12.4. The Kier molecular flexibility index (Phi) is 4.77. The summed E-state index contributed by atoms with van der Waals surface area (Å²) in [5.41, 5.74) is 3.15. The van der Waals surface area contributed by atoms with Crippen molar-refractivity contribution in [2.75, 3.05) is 5.32 Å². The van der Waals surface area contributed by atoms with E-state index in [4.69, 9.17) is 11.6 Å². The summed E-state index contributed by atoms with van der Waals surface area (Å²) in [6.45, 7) is 2.43. The Labute approximate surface area is 144 Å². The number of H-pyrrole nitrogens is 1. The zero-order valence-corrected chi connectivity index (χ0v) is 13.8. The second-order valence-electron chi connectivity index (χ2n) is 5.26. The minimum absolute atomic E-state index is 0.207. The van der Waals surface area contributed by atoms with Gasteiger partial charge in [0.05, 0.1) is 0 Å². The van der Waals surface area contributed by atoms with Crippen LogP contribution < -0.4 is 10.6 Å². The quantitative estimate of drug-likeness (QED) is 0.664. The first-order valence-electron chi connectivity index (χ1n) is 7.39. The maximum absolute atomic E-state index is 12.4. The molecule has 0 atom stereocenters. The Bertz CT molecular complexity index is 844. The topological polar surface area (TPSA) is 82.7 Å². The Hall–Kier alpha value is -2.86. The molecule has 7 heteroatoms. The number of rotatable bonds is 5. The maximum Gasteiger partial charge on any atom is 0.275 e. The van der Waals surface area contributed by atoms with Crippen LogP contribution >= 0.6 is 11.6 Å². The number of amides is 1. The van der Waals surface area contributed by atoms with E-state index < -0.39 is 0 Å². The molecule has 1 amide bonds. The van der Waals surface area contributed by atoms with Gasteiger partial charge in [-0.1, -0.05) is 35.9 Å². The van der Waals surface area contributed by atoms with Crippen molar-refractivity contribution in [2.24, 2.45) is 0 Å². The summed E-state index contributed by atoms with van der Waals surface area (Å²) < 4.78 is 0. The van der Waals surface area contributed by atoms with Crippen molar-refractivity contribution >= 4 is 29.0 Å². The van der Waals surface area contributed by atoms with E-state index in [0.29, 0.717) is 17.4 Å². The number of carbonyl (C=O) groups is 1. The van der Waals surface area contributed by atoms with Gasteiger partial charge in [0.2, 0.25) is 0 Å². The molecule has 24 heavy (non-hydrogen) atoms. The SMILES string of the molecule is Cc1ccccc1CNC(=O)c1n[nH]nc1Nc1ccc(Cl)cc1. The third-order valence-corrected chi connectivity index (χ3v) is 3.82. The highest BCUT2D eigenvalue weighted by atomic mass is 35.5. The van der Waals surface area contributed by atoms with Crippen LogP contribution in [0.1, 0.15) is 21.6 Å². The number of aryl methyl sites for hydroxylation is 1. The van der Waals surface area contributed by atoms with Gasteiger partial charge in [0.25, 0.3) is 5.91 Å². The average Bonchev–Trinajstić information content (AvgIpc) is 3.04. The van der Waals surface area contributed by atoms with Crippen LogP contribution in [0.5, 0.6) is 0 Å². The highest BCUT2D eigenvalue weighted by molar-refractivity contribution is 6.30. The third kappa shape index (κ3) is 3.72. The molecule has 0 saturated heterocycles. The predicted octanol–water partition coefficient (Wildman–Crippen LogP) is 3.44. The van der Waals surface area contributed by atoms with Gasteiger partial charge >= 0.3 is 0 Å². The Morgan fingerprint density at radius 1 is 1.12 bits per heavy atom. The first-order chi connectivity index (χ1) is 11.6. The van der Waals surface area contributed by atoms with Gasteiger partial charge in [0.1, 0.15) is 0 Å². The van der Waals surface area contributed by atoms with E-state index in [1.807, 2.05) is 31.2 Å². The molecule has 3 rings (SSSR count). The maximum atomic E-state index is 12.4. The number of aromatic amines is 1. The second kappa shape index (κ2) is 7.14. The molecular weight excluding hydrogens is 326 g/mol. The number of hydrogen-bond donors (Lipinski definition) is 3. The van der Waals surface area contributed by atoms with Crippen LogP contribution in [0.4, 0.5) is 11.5 Å². The lowest BCUT2D eigenvalue weighted by molar-refractivity contribution is 0.0946. The van der Waals surface area contributed by atoms with Crippen LogP contribution in [0.15, 0.2) is 48.5 Å². The number of benzene rings is 2. The molecule has 122 valence electrons. The number of nitrogens with one attached hydrogen (secondary N) is 3. The van der Waals surface area contributed by atoms with Crippen molar-refractivity contribution in [3.8, 4) is 0 Å². The summed E-state index contributed by atoms with van der Waals surface area (Å²) in [6, 6.07) is 15.0. The summed E-state index contributed by atoms with van der Waals surface area (Å²) in [7, 11) is 0. The normalized spacial score (nSPS) is 10.4. The van der Waals surface area contributed by atoms with Gasteiger partial charge < -0.3 is 10.6 Å². The molecule has 0 fully saturated rings. The number of hydrogen-bond acceptors (Lipinski definition) is 4. The van der Waals surface area contributed by atoms with Crippen molar-refractivity contribution in [1.82, 2.24) is 20.7 Å². The van der Waals surface area contributed by atoms with Crippen LogP contribution in [-0.4, -0.2) is 21.3 Å². The Morgan fingerprint density at radius 2 is 1.88 bits per heavy atom. The van der Waals surface area contributed by atoms with Gasteiger partial charge in [-0.25, -0.2) is 0 Å². The summed E-state index contributed by atoms with van der Waals surface area (Å²) in [6.07, 6.45) is 0. The molecular formula is C17H16ClN5O. The third-order valence-electron chi connectivity index (χ3n) is 3.57. The van der Waals surface area contributed by atoms with Crippen molar-refractivity contribution in [1.29, 1.82) is 0 Å². The van der Waals surface area contributed by atoms with Gasteiger partial charge in [0, 0.05) is 17.3 Å². The summed E-state index contributed by atoms with van der Waals surface area (Å²) >= 11 is 5.86.